The average Bonchev–Trinajstić information content (AvgIpc) is 2.90. The largest absolute Gasteiger partial charge is 0.453 e. The summed E-state index contributed by atoms with van der Waals surface area (Å²) < 4.78 is 20.3. The van der Waals surface area contributed by atoms with Crippen LogP contribution in [-0.2, 0) is 16.1 Å². The lowest BCUT2D eigenvalue weighted by molar-refractivity contribution is -0.137. The molecule has 0 bridgehead atoms. The van der Waals surface area contributed by atoms with Crippen LogP contribution in [0.5, 0.6) is 0 Å². The van der Waals surface area contributed by atoms with E-state index < -0.39 is 24.2 Å². The Morgan fingerprint density at radius 1 is 1.29 bits per heavy atom. The van der Waals surface area contributed by atoms with Crippen molar-refractivity contribution in [3.8, 4) is 6.07 Å². The molecule has 0 amide bonds. The van der Waals surface area contributed by atoms with Gasteiger partial charge in [-0.25, -0.2) is 9.18 Å². The number of hydrogen-bond donors (Lipinski definition) is 0. The van der Waals surface area contributed by atoms with Crippen molar-refractivity contribution in [2.24, 2.45) is 5.92 Å². The fourth-order valence-corrected chi connectivity index (χ4v) is 2.87. The summed E-state index contributed by atoms with van der Waals surface area (Å²) in [5.41, 5.74) is 2.64. The molecule has 1 aromatic carbocycles. The summed E-state index contributed by atoms with van der Waals surface area (Å²) >= 11 is 0. The molecule has 0 N–H and O–H groups in total. The van der Waals surface area contributed by atoms with Crippen molar-refractivity contribution in [3.63, 3.8) is 0 Å². The van der Waals surface area contributed by atoms with Crippen molar-refractivity contribution in [1.29, 1.82) is 5.26 Å². The Bertz CT molecular complexity index is 965. The Labute approximate surface area is 164 Å². The molecule has 28 heavy (non-hydrogen) atoms. The third-order valence-corrected chi connectivity index (χ3v) is 4.28. The number of ketones is 1. The molecule has 0 aliphatic carbocycles. The molecule has 0 saturated heterocycles. The van der Waals surface area contributed by atoms with Gasteiger partial charge in [0.25, 0.3) is 0 Å². The van der Waals surface area contributed by atoms with Gasteiger partial charge in [0.15, 0.2) is 12.4 Å². The minimum atomic E-state index is -0.888. The van der Waals surface area contributed by atoms with Crippen LogP contribution in [0.15, 0.2) is 35.9 Å². The monoisotopic (exact) mass is 382 g/mol. The molecule has 6 heteroatoms. The number of aryl methyl sites for hydroxylation is 1. The zero-order valence-corrected chi connectivity index (χ0v) is 16.5. The molecule has 2 aromatic rings. The van der Waals surface area contributed by atoms with Crippen LogP contribution in [0.25, 0.3) is 6.08 Å². The Morgan fingerprint density at radius 2 is 2.00 bits per heavy atom. The summed E-state index contributed by atoms with van der Waals surface area (Å²) in [6.45, 7) is 8.39. The average molecular weight is 382 g/mol. The van der Waals surface area contributed by atoms with Gasteiger partial charge in [0.1, 0.15) is 17.5 Å². The summed E-state index contributed by atoms with van der Waals surface area (Å²) in [4.78, 5) is 24.2. The Kier molecular flexibility index (Phi) is 6.89. The van der Waals surface area contributed by atoms with Gasteiger partial charge in [0, 0.05) is 23.5 Å². The van der Waals surface area contributed by atoms with Gasteiger partial charge in [-0.1, -0.05) is 26.0 Å². The molecule has 1 aromatic heterocycles. The number of halogens is 1. The molecule has 0 aliphatic rings. The van der Waals surface area contributed by atoms with Crippen molar-refractivity contribution in [3.05, 3.63) is 64.2 Å². The van der Waals surface area contributed by atoms with E-state index in [0.29, 0.717) is 5.92 Å². The van der Waals surface area contributed by atoms with Crippen molar-refractivity contribution >= 4 is 17.8 Å². The van der Waals surface area contributed by atoms with Gasteiger partial charge in [-0.3, -0.25) is 4.79 Å². The SMILES string of the molecule is Cc1cc(/C=C(\C#N)C(=O)OCC(=O)c2cccc(F)c2)c(C)n1CC(C)C. The van der Waals surface area contributed by atoms with Crippen LogP contribution >= 0.6 is 0 Å². The van der Waals surface area contributed by atoms with Crippen LogP contribution < -0.4 is 0 Å². The summed E-state index contributed by atoms with van der Waals surface area (Å²) in [5, 5.41) is 9.33. The quantitative estimate of drug-likeness (QED) is 0.311. The highest BCUT2D eigenvalue weighted by Crippen LogP contribution is 2.20. The van der Waals surface area contributed by atoms with E-state index in [1.54, 1.807) is 0 Å². The van der Waals surface area contributed by atoms with E-state index in [9.17, 15) is 19.2 Å². The molecule has 146 valence electrons. The first-order valence-electron chi connectivity index (χ1n) is 8.97. The smallest absolute Gasteiger partial charge is 0.349 e. The maximum Gasteiger partial charge on any atom is 0.349 e. The molecule has 0 radical (unpaired) electrons. The molecule has 0 fully saturated rings. The fraction of sp³-hybridized carbons (Fsp3) is 0.318. The summed E-state index contributed by atoms with van der Waals surface area (Å²) in [6, 6.07) is 8.85. The van der Waals surface area contributed by atoms with Gasteiger partial charge in [-0.15, -0.1) is 0 Å². The zero-order chi connectivity index (χ0) is 20.8. The van der Waals surface area contributed by atoms with Crippen LogP contribution in [0.1, 0.15) is 41.2 Å². The van der Waals surface area contributed by atoms with Crippen LogP contribution in [0, 0.1) is 36.9 Å². The third kappa shape index (κ3) is 5.17. The predicted octanol–water partition coefficient (Wildman–Crippen LogP) is 4.23. The van der Waals surface area contributed by atoms with Gasteiger partial charge in [0.05, 0.1) is 0 Å². The molecule has 0 spiro atoms. The number of aromatic nitrogens is 1. The maximum absolute atomic E-state index is 13.2. The number of carbonyl (C=O) groups is 2. The molecule has 0 saturated carbocycles. The minimum Gasteiger partial charge on any atom is -0.453 e. The Balaban J connectivity index is 2.13. The Hall–Kier alpha value is -3.20. The second-order valence-corrected chi connectivity index (χ2v) is 7.01. The molecular weight excluding hydrogens is 359 g/mol. The number of nitriles is 1. The number of Topliss-reactive ketones (excluding diaryl/α,β-unsaturated/α-hetero) is 1. The number of esters is 1. The highest BCUT2D eigenvalue weighted by molar-refractivity contribution is 6.02. The van der Waals surface area contributed by atoms with Crippen LogP contribution in [0.2, 0.25) is 0 Å². The maximum atomic E-state index is 13.2. The summed E-state index contributed by atoms with van der Waals surface area (Å²) in [5.74, 6) is -1.52. The molecule has 1 heterocycles. The van der Waals surface area contributed by atoms with Gasteiger partial charge in [-0.2, -0.15) is 5.26 Å². The van der Waals surface area contributed by atoms with E-state index in [2.05, 4.69) is 18.4 Å². The lowest BCUT2D eigenvalue weighted by Gasteiger charge is -2.12. The standard InChI is InChI=1S/C22H23FN2O3/c1-14(2)12-25-15(3)8-18(16(25)4)9-19(11-24)22(27)28-13-21(26)17-6-5-7-20(23)10-17/h5-10,14H,12-13H2,1-4H3/b19-9+. The highest BCUT2D eigenvalue weighted by atomic mass is 19.1. The van der Waals surface area contributed by atoms with Crippen LogP contribution in [0.3, 0.4) is 0 Å². The van der Waals surface area contributed by atoms with Gasteiger partial charge < -0.3 is 9.30 Å². The molecule has 0 atom stereocenters. The summed E-state index contributed by atoms with van der Waals surface area (Å²) in [7, 11) is 0. The minimum absolute atomic E-state index is 0.104. The number of hydrogen-bond acceptors (Lipinski definition) is 4. The van der Waals surface area contributed by atoms with Gasteiger partial charge >= 0.3 is 5.97 Å². The molecular formula is C22H23FN2O3. The lowest BCUT2D eigenvalue weighted by atomic mass is 10.1. The van der Waals surface area contributed by atoms with E-state index in [-0.39, 0.29) is 11.1 Å². The normalized spacial score (nSPS) is 11.4. The molecule has 0 unspecified atom stereocenters. The van der Waals surface area contributed by atoms with E-state index in [1.807, 2.05) is 26.0 Å². The number of ether oxygens (including phenoxy) is 1. The number of benzene rings is 1. The van der Waals surface area contributed by atoms with E-state index in [4.69, 9.17) is 4.74 Å². The van der Waals surface area contributed by atoms with Crippen molar-refractivity contribution < 1.29 is 18.7 Å². The first-order chi connectivity index (χ1) is 13.2. The predicted molar refractivity (Wildman–Crippen MR) is 104 cm³/mol. The van der Waals surface area contributed by atoms with E-state index >= 15 is 0 Å². The molecule has 0 aliphatic heterocycles. The van der Waals surface area contributed by atoms with Gasteiger partial charge in [0.2, 0.25) is 0 Å². The first kappa shape index (κ1) is 21.1. The Morgan fingerprint density at radius 3 is 2.61 bits per heavy atom. The highest BCUT2D eigenvalue weighted by Gasteiger charge is 2.16. The zero-order valence-electron chi connectivity index (χ0n) is 16.5. The van der Waals surface area contributed by atoms with E-state index in [1.165, 1.54) is 24.3 Å². The summed E-state index contributed by atoms with van der Waals surface area (Å²) in [6.07, 6.45) is 1.47. The molecule has 5 nitrogen and oxygen atoms in total. The second-order valence-electron chi connectivity index (χ2n) is 7.01. The van der Waals surface area contributed by atoms with Crippen LogP contribution in [-0.4, -0.2) is 22.9 Å². The first-order valence-corrected chi connectivity index (χ1v) is 8.97. The van der Waals surface area contributed by atoms with Crippen LogP contribution in [0.4, 0.5) is 4.39 Å². The lowest BCUT2D eigenvalue weighted by Crippen LogP contribution is -2.15. The fourth-order valence-electron chi connectivity index (χ4n) is 2.87. The third-order valence-electron chi connectivity index (χ3n) is 4.28. The van der Waals surface area contributed by atoms with Crippen molar-refractivity contribution in [2.45, 2.75) is 34.2 Å². The number of carbonyl (C=O) groups excluding carboxylic acids is 2. The van der Waals surface area contributed by atoms with Gasteiger partial charge in [-0.05, 0) is 49.6 Å². The number of rotatable bonds is 7. The topological polar surface area (TPSA) is 72.1 Å². The molecule has 2 rings (SSSR count). The van der Waals surface area contributed by atoms with E-state index in [0.717, 1.165) is 29.6 Å². The van der Waals surface area contributed by atoms with Crippen molar-refractivity contribution in [2.75, 3.05) is 6.61 Å². The second kappa shape index (κ2) is 9.14. The number of nitrogens with zero attached hydrogens (tertiary/aromatic N) is 2. The van der Waals surface area contributed by atoms with Crippen molar-refractivity contribution in [1.82, 2.24) is 4.57 Å².